The first-order valence-electron chi connectivity index (χ1n) is 14.8. The van der Waals surface area contributed by atoms with Gasteiger partial charge in [0.25, 0.3) is 0 Å². The summed E-state index contributed by atoms with van der Waals surface area (Å²) in [7, 11) is 2.20. The van der Waals surface area contributed by atoms with Crippen LogP contribution in [0, 0.1) is 0 Å². The third-order valence-corrected chi connectivity index (χ3v) is 9.45. The van der Waals surface area contributed by atoms with Gasteiger partial charge in [-0.25, -0.2) is 9.80 Å². The second-order valence-corrected chi connectivity index (χ2v) is 11.7. The van der Waals surface area contributed by atoms with Crippen LogP contribution in [0.3, 0.4) is 0 Å². The van der Waals surface area contributed by atoms with Crippen molar-refractivity contribution in [2.45, 2.75) is 89.2 Å². The molecule has 1 aliphatic carbocycles. The van der Waals surface area contributed by atoms with Crippen LogP contribution in [0.4, 0.5) is 11.4 Å². The lowest BCUT2D eigenvalue weighted by molar-refractivity contribution is -0.0917. The maximum atomic E-state index is 7.08. The van der Waals surface area contributed by atoms with Gasteiger partial charge in [-0.2, -0.15) is 0 Å². The average molecular weight is 514 g/mol. The fraction of sp³-hybridized carbons (Fsp3) is 0.786. The lowest BCUT2D eigenvalue weighted by atomic mass is 10.1. The van der Waals surface area contributed by atoms with Gasteiger partial charge in [-0.15, -0.1) is 0 Å². The van der Waals surface area contributed by atoms with Gasteiger partial charge in [0.15, 0.2) is 0 Å². The molecule has 0 aromatic heterocycles. The van der Waals surface area contributed by atoms with E-state index in [2.05, 4.69) is 67.6 Å². The van der Waals surface area contributed by atoms with E-state index in [4.69, 9.17) is 17.2 Å². The van der Waals surface area contributed by atoms with Crippen LogP contribution in [-0.2, 0) is 0 Å². The van der Waals surface area contributed by atoms with Gasteiger partial charge < -0.3 is 20.4 Å². The van der Waals surface area contributed by atoms with Crippen molar-refractivity contribution in [3.05, 3.63) is 24.3 Å². The number of likely N-dealkylation sites (N-methyl/N-ethyl adjacent to an activating group) is 2. The number of hydrogen-bond donors (Lipinski definition) is 3. The number of hydrogen-bond acceptors (Lipinski definition) is 9. The molecule has 3 heterocycles. The summed E-state index contributed by atoms with van der Waals surface area (Å²) >= 11 is 0. The SMILES string of the molecule is CCN1CCCC1CN1C(N)N(c2ccc(N3CCN(C)CC3)cc2)C(N)N(C2CCCCCC2)C1N. The minimum atomic E-state index is -0.360. The highest BCUT2D eigenvalue weighted by Crippen LogP contribution is 2.33. The summed E-state index contributed by atoms with van der Waals surface area (Å²) in [5.41, 5.74) is 23.5. The number of likely N-dealkylation sites (tertiary alicyclic amines) is 1. The van der Waals surface area contributed by atoms with E-state index in [1.165, 1.54) is 50.8 Å². The second-order valence-electron chi connectivity index (χ2n) is 11.7. The molecule has 4 unspecified atom stereocenters. The molecule has 4 fully saturated rings. The van der Waals surface area contributed by atoms with Gasteiger partial charge in [0, 0.05) is 56.2 Å². The van der Waals surface area contributed by atoms with Crippen molar-refractivity contribution in [2.24, 2.45) is 17.2 Å². The van der Waals surface area contributed by atoms with Crippen molar-refractivity contribution in [1.82, 2.24) is 19.6 Å². The zero-order valence-electron chi connectivity index (χ0n) is 23.2. The fourth-order valence-corrected chi connectivity index (χ4v) is 7.12. The van der Waals surface area contributed by atoms with Crippen molar-refractivity contribution in [2.75, 3.05) is 62.7 Å². The smallest absolute Gasteiger partial charge is 0.139 e. The Labute approximate surface area is 224 Å². The Hall–Kier alpha value is -1.46. The molecule has 1 saturated carbocycles. The topological polar surface area (TPSA) is 97.5 Å². The minimum Gasteiger partial charge on any atom is -0.369 e. The van der Waals surface area contributed by atoms with E-state index in [-0.39, 0.29) is 18.9 Å². The summed E-state index contributed by atoms with van der Waals surface area (Å²) in [6, 6.07) is 9.79. The summed E-state index contributed by atoms with van der Waals surface area (Å²) in [4.78, 5) is 14.4. The molecular weight excluding hydrogens is 462 g/mol. The molecule has 0 bridgehead atoms. The van der Waals surface area contributed by atoms with Crippen LogP contribution in [-0.4, -0.2) is 103 Å². The Morgan fingerprint density at radius 3 is 2.03 bits per heavy atom. The predicted molar refractivity (Wildman–Crippen MR) is 153 cm³/mol. The summed E-state index contributed by atoms with van der Waals surface area (Å²) in [5.74, 6) is 0. The normalized spacial score (nSPS) is 32.2. The van der Waals surface area contributed by atoms with Gasteiger partial charge in [-0.1, -0.05) is 32.6 Å². The molecule has 37 heavy (non-hydrogen) atoms. The Bertz CT molecular complexity index is 835. The van der Waals surface area contributed by atoms with Crippen LogP contribution in [0.5, 0.6) is 0 Å². The van der Waals surface area contributed by atoms with E-state index in [1.807, 2.05) is 0 Å². The first kappa shape index (κ1) is 27.1. The number of piperazine rings is 1. The van der Waals surface area contributed by atoms with E-state index in [0.29, 0.717) is 12.1 Å². The largest absolute Gasteiger partial charge is 0.369 e. The molecule has 0 radical (unpaired) electrons. The van der Waals surface area contributed by atoms with Crippen LogP contribution in [0.2, 0.25) is 0 Å². The fourth-order valence-electron chi connectivity index (χ4n) is 7.12. The highest BCUT2D eigenvalue weighted by Gasteiger charge is 2.46. The molecule has 1 aromatic rings. The van der Waals surface area contributed by atoms with Crippen molar-refractivity contribution < 1.29 is 0 Å². The number of anilines is 2. The Morgan fingerprint density at radius 1 is 0.730 bits per heavy atom. The van der Waals surface area contributed by atoms with Crippen LogP contribution in [0.25, 0.3) is 0 Å². The van der Waals surface area contributed by atoms with Crippen LogP contribution < -0.4 is 27.0 Å². The number of benzene rings is 1. The monoisotopic (exact) mass is 513 g/mol. The standard InChI is InChI=1S/C28H51N9/c1-3-33-16-8-11-25(33)21-35-26(29)36(23-9-6-4-5-7-10-23)28(31)37(27(35)30)24-14-12-22(13-15-24)34-19-17-32(2)18-20-34/h12-15,23,25-28H,3-11,16-21,29-31H2,1-2H3. The molecule has 0 amide bonds. The lowest BCUT2D eigenvalue weighted by Crippen LogP contribution is -2.80. The van der Waals surface area contributed by atoms with E-state index in [9.17, 15) is 0 Å². The van der Waals surface area contributed by atoms with Gasteiger partial charge in [0.2, 0.25) is 0 Å². The molecule has 6 N–H and O–H groups in total. The first-order chi connectivity index (χ1) is 18.0. The maximum Gasteiger partial charge on any atom is 0.139 e. The first-order valence-corrected chi connectivity index (χ1v) is 14.8. The van der Waals surface area contributed by atoms with E-state index < -0.39 is 0 Å². The summed E-state index contributed by atoms with van der Waals surface area (Å²) < 4.78 is 0. The minimum absolute atomic E-state index is 0.270. The van der Waals surface area contributed by atoms with Gasteiger partial charge in [0.05, 0.1) is 0 Å². The van der Waals surface area contributed by atoms with Crippen molar-refractivity contribution >= 4 is 11.4 Å². The highest BCUT2D eigenvalue weighted by atomic mass is 15.7. The third kappa shape index (κ3) is 5.78. The van der Waals surface area contributed by atoms with Crippen molar-refractivity contribution in [3.63, 3.8) is 0 Å². The lowest BCUT2D eigenvalue weighted by Gasteiger charge is -2.57. The summed E-state index contributed by atoms with van der Waals surface area (Å²) in [5, 5.41) is 0. The Balaban J connectivity index is 1.41. The zero-order chi connectivity index (χ0) is 25.9. The quantitative estimate of drug-likeness (QED) is 0.492. The molecule has 9 heteroatoms. The van der Waals surface area contributed by atoms with E-state index >= 15 is 0 Å². The molecule has 9 nitrogen and oxygen atoms in total. The highest BCUT2D eigenvalue weighted by molar-refractivity contribution is 5.57. The molecular formula is C28H51N9. The molecule has 3 aliphatic heterocycles. The van der Waals surface area contributed by atoms with E-state index in [0.717, 1.165) is 57.8 Å². The van der Waals surface area contributed by atoms with Crippen LogP contribution in [0.15, 0.2) is 24.3 Å². The van der Waals surface area contributed by atoms with E-state index in [1.54, 1.807) is 0 Å². The molecule has 208 valence electrons. The number of nitrogens with zero attached hydrogens (tertiary/aromatic N) is 6. The molecule has 1 aromatic carbocycles. The maximum absolute atomic E-state index is 7.08. The van der Waals surface area contributed by atoms with Gasteiger partial charge in [0.1, 0.15) is 18.9 Å². The molecule has 5 rings (SSSR count). The molecule has 0 spiro atoms. The average Bonchev–Trinajstić information content (AvgIpc) is 3.19. The Kier molecular flexibility index (Phi) is 8.91. The molecule has 3 saturated heterocycles. The summed E-state index contributed by atoms with van der Waals surface area (Å²) in [6.45, 7) is 9.71. The Morgan fingerprint density at radius 2 is 1.38 bits per heavy atom. The molecule has 4 atom stereocenters. The van der Waals surface area contributed by atoms with Crippen molar-refractivity contribution in [1.29, 1.82) is 0 Å². The number of nitrogens with two attached hydrogens (primary N) is 3. The molecule has 4 aliphatic rings. The van der Waals surface area contributed by atoms with Gasteiger partial charge in [-0.3, -0.25) is 16.4 Å². The number of rotatable bonds is 6. The van der Waals surface area contributed by atoms with Crippen LogP contribution >= 0.6 is 0 Å². The second kappa shape index (κ2) is 12.2. The van der Waals surface area contributed by atoms with Gasteiger partial charge in [-0.05, 0) is 70.1 Å². The third-order valence-electron chi connectivity index (χ3n) is 9.45. The van der Waals surface area contributed by atoms with Gasteiger partial charge >= 0.3 is 0 Å². The zero-order valence-corrected chi connectivity index (χ0v) is 23.2. The van der Waals surface area contributed by atoms with Crippen molar-refractivity contribution in [3.8, 4) is 0 Å². The predicted octanol–water partition coefficient (Wildman–Crippen LogP) is 1.80. The summed E-state index contributed by atoms with van der Waals surface area (Å²) in [6.07, 6.45) is 8.91. The van der Waals surface area contributed by atoms with Crippen LogP contribution in [0.1, 0.15) is 58.3 Å².